The van der Waals surface area contributed by atoms with Crippen LogP contribution in [0.3, 0.4) is 0 Å². The Morgan fingerprint density at radius 3 is 2.72 bits per heavy atom. The van der Waals surface area contributed by atoms with Crippen LogP contribution < -0.4 is 0 Å². The van der Waals surface area contributed by atoms with Crippen molar-refractivity contribution in [1.29, 1.82) is 0 Å². The van der Waals surface area contributed by atoms with Gasteiger partial charge in [0.25, 0.3) is 0 Å². The minimum atomic E-state index is -2.08. The summed E-state index contributed by atoms with van der Waals surface area (Å²) in [7, 11) is 0. The lowest BCUT2D eigenvalue weighted by molar-refractivity contribution is -0.187. The zero-order valence-corrected chi connectivity index (χ0v) is 13.5. The Balaban J connectivity index is 1.72. The number of halogens is 2. The third kappa shape index (κ3) is 3.33. The molecule has 5 nitrogen and oxygen atoms in total. The Hall–Kier alpha value is -2.51. The first-order valence-corrected chi connectivity index (χ1v) is 7.71. The van der Waals surface area contributed by atoms with E-state index in [2.05, 4.69) is 0 Å². The van der Waals surface area contributed by atoms with Gasteiger partial charge in [-0.15, -0.1) is 0 Å². The van der Waals surface area contributed by atoms with E-state index in [1.54, 1.807) is 12.1 Å². The average Bonchev–Trinajstić information content (AvgIpc) is 2.90. The molecule has 1 aliphatic rings. The van der Waals surface area contributed by atoms with Crippen molar-refractivity contribution in [3.63, 3.8) is 0 Å². The molecule has 7 heteroatoms. The molecule has 0 aliphatic carbocycles. The molecule has 1 heterocycles. The van der Waals surface area contributed by atoms with Crippen LogP contribution in [0.4, 0.5) is 13.6 Å². The van der Waals surface area contributed by atoms with E-state index in [9.17, 15) is 18.7 Å². The Labute approximate surface area is 143 Å². The zero-order chi connectivity index (χ0) is 18.0. The highest BCUT2D eigenvalue weighted by atomic mass is 19.1. The molecule has 0 radical (unpaired) electrons. The van der Waals surface area contributed by atoms with Gasteiger partial charge in [-0.1, -0.05) is 30.3 Å². The SMILES string of the molecule is C[C@H]1N(C(=O)OCc2ccccc2)COC1(O)c1ccc(F)cc1F. The van der Waals surface area contributed by atoms with E-state index in [-0.39, 0.29) is 18.9 Å². The molecular weight excluding hydrogens is 332 g/mol. The van der Waals surface area contributed by atoms with Crippen molar-refractivity contribution < 1.29 is 28.2 Å². The highest BCUT2D eigenvalue weighted by molar-refractivity contribution is 5.68. The highest BCUT2D eigenvalue weighted by Crippen LogP contribution is 2.37. The van der Waals surface area contributed by atoms with Gasteiger partial charge in [-0.25, -0.2) is 13.6 Å². The summed E-state index contributed by atoms with van der Waals surface area (Å²) in [6.45, 7) is 1.29. The molecule has 1 saturated heterocycles. The van der Waals surface area contributed by atoms with E-state index in [4.69, 9.17) is 9.47 Å². The zero-order valence-electron chi connectivity index (χ0n) is 13.5. The van der Waals surface area contributed by atoms with Crippen LogP contribution in [0.15, 0.2) is 48.5 Å². The second-order valence-electron chi connectivity index (χ2n) is 5.78. The molecule has 2 atom stereocenters. The van der Waals surface area contributed by atoms with Crippen molar-refractivity contribution in [2.45, 2.75) is 25.4 Å². The van der Waals surface area contributed by atoms with Crippen LogP contribution in [0, 0.1) is 11.6 Å². The lowest BCUT2D eigenvalue weighted by atomic mass is 9.98. The van der Waals surface area contributed by atoms with E-state index in [0.717, 1.165) is 22.6 Å². The fraction of sp³-hybridized carbons (Fsp3) is 0.278. The van der Waals surface area contributed by atoms with Gasteiger partial charge in [0.15, 0.2) is 0 Å². The monoisotopic (exact) mass is 349 g/mol. The molecular formula is C18H17F2NO4. The molecule has 1 N–H and O–H groups in total. The van der Waals surface area contributed by atoms with Crippen molar-refractivity contribution >= 4 is 6.09 Å². The number of aliphatic hydroxyl groups is 1. The van der Waals surface area contributed by atoms with Crippen molar-refractivity contribution in [3.05, 3.63) is 71.3 Å². The van der Waals surface area contributed by atoms with Crippen molar-refractivity contribution in [2.75, 3.05) is 6.73 Å². The third-order valence-electron chi connectivity index (χ3n) is 4.21. The predicted octanol–water partition coefficient (Wildman–Crippen LogP) is 3.12. The van der Waals surface area contributed by atoms with Crippen LogP contribution in [0.2, 0.25) is 0 Å². The topological polar surface area (TPSA) is 59.0 Å². The van der Waals surface area contributed by atoms with Gasteiger partial charge >= 0.3 is 6.09 Å². The molecule has 0 spiro atoms. The number of hydrogen-bond acceptors (Lipinski definition) is 4. The number of carbonyl (C=O) groups is 1. The molecule has 0 saturated carbocycles. The number of benzene rings is 2. The molecule has 1 unspecified atom stereocenters. The number of amides is 1. The average molecular weight is 349 g/mol. The predicted molar refractivity (Wildman–Crippen MR) is 84.1 cm³/mol. The molecule has 3 rings (SSSR count). The smallest absolute Gasteiger partial charge is 0.412 e. The van der Waals surface area contributed by atoms with Gasteiger partial charge in [0.1, 0.15) is 25.0 Å². The number of ether oxygens (including phenoxy) is 2. The Kier molecular flexibility index (Phi) is 4.69. The Morgan fingerprint density at radius 1 is 1.32 bits per heavy atom. The molecule has 1 fully saturated rings. The van der Waals surface area contributed by atoms with Gasteiger partial charge in [0, 0.05) is 11.6 Å². The molecule has 2 aromatic rings. The maximum Gasteiger partial charge on any atom is 0.412 e. The van der Waals surface area contributed by atoms with Crippen molar-refractivity contribution in [1.82, 2.24) is 4.90 Å². The lowest BCUT2D eigenvalue weighted by Gasteiger charge is -2.28. The molecule has 0 aromatic heterocycles. The maximum atomic E-state index is 14.0. The van der Waals surface area contributed by atoms with E-state index in [1.165, 1.54) is 6.92 Å². The molecule has 1 amide bonds. The minimum Gasteiger partial charge on any atom is -0.444 e. The fourth-order valence-electron chi connectivity index (χ4n) is 2.71. The summed E-state index contributed by atoms with van der Waals surface area (Å²) in [6.07, 6.45) is -0.699. The summed E-state index contributed by atoms with van der Waals surface area (Å²) in [5.74, 6) is -3.80. The first-order chi connectivity index (χ1) is 11.9. The van der Waals surface area contributed by atoms with Crippen LogP contribution in [-0.4, -0.2) is 28.9 Å². The minimum absolute atomic E-state index is 0.0617. The van der Waals surface area contributed by atoms with Gasteiger partial charge in [-0.05, 0) is 24.6 Å². The van der Waals surface area contributed by atoms with E-state index >= 15 is 0 Å². The van der Waals surface area contributed by atoms with E-state index in [0.29, 0.717) is 6.07 Å². The standard InChI is InChI=1S/C18H17F2NO4/c1-12-18(23,15-8-7-14(19)9-16(15)20)25-11-21(12)17(22)24-10-13-5-3-2-4-6-13/h2-9,12,23H,10-11H2,1H3/t12-,18?/m1/s1. The number of nitrogens with zero attached hydrogens (tertiary/aromatic N) is 1. The molecule has 0 bridgehead atoms. The fourth-order valence-corrected chi connectivity index (χ4v) is 2.71. The number of carbonyl (C=O) groups excluding carboxylic acids is 1. The van der Waals surface area contributed by atoms with Gasteiger partial charge in [0.2, 0.25) is 5.79 Å². The second kappa shape index (κ2) is 6.78. The second-order valence-corrected chi connectivity index (χ2v) is 5.78. The summed E-state index contributed by atoms with van der Waals surface area (Å²) in [5.41, 5.74) is 0.572. The van der Waals surface area contributed by atoms with Crippen LogP contribution in [0.25, 0.3) is 0 Å². The van der Waals surface area contributed by atoms with Crippen molar-refractivity contribution in [3.8, 4) is 0 Å². The number of hydrogen-bond donors (Lipinski definition) is 1. The van der Waals surface area contributed by atoms with Crippen LogP contribution in [0.5, 0.6) is 0 Å². The van der Waals surface area contributed by atoms with E-state index in [1.807, 2.05) is 18.2 Å². The Morgan fingerprint density at radius 2 is 2.04 bits per heavy atom. The van der Waals surface area contributed by atoms with Crippen molar-refractivity contribution in [2.24, 2.45) is 0 Å². The molecule has 1 aliphatic heterocycles. The summed E-state index contributed by atoms with van der Waals surface area (Å²) in [4.78, 5) is 13.4. The number of rotatable bonds is 3. The first kappa shape index (κ1) is 17.3. The van der Waals surface area contributed by atoms with Crippen LogP contribution in [0.1, 0.15) is 18.1 Å². The van der Waals surface area contributed by atoms with Gasteiger partial charge in [-0.3, -0.25) is 4.90 Å². The third-order valence-corrected chi connectivity index (χ3v) is 4.21. The molecule has 2 aromatic carbocycles. The summed E-state index contributed by atoms with van der Waals surface area (Å²) in [6, 6.07) is 10.9. The summed E-state index contributed by atoms with van der Waals surface area (Å²) >= 11 is 0. The highest BCUT2D eigenvalue weighted by Gasteiger charge is 2.50. The normalized spacial score (nSPS) is 22.9. The lowest BCUT2D eigenvalue weighted by Crippen LogP contribution is -2.44. The van der Waals surface area contributed by atoms with Gasteiger partial charge in [-0.2, -0.15) is 0 Å². The van der Waals surface area contributed by atoms with E-state index < -0.39 is 29.6 Å². The molecule has 25 heavy (non-hydrogen) atoms. The van der Waals surface area contributed by atoms with Crippen LogP contribution in [-0.2, 0) is 21.9 Å². The quantitative estimate of drug-likeness (QED) is 0.925. The maximum absolute atomic E-state index is 14.0. The van der Waals surface area contributed by atoms with Gasteiger partial charge in [0.05, 0.1) is 6.04 Å². The molecule has 132 valence electrons. The van der Waals surface area contributed by atoms with Crippen LogP contribution >= 0.6 is 0 Å². The Bertz CT molecular complexity index is 771. The summed E-state index contributed by atoms with van der Waals surface area (Å²) < 4.78 is 37.5. The first-order valence-electron chi connectivity index (χ1n) is 7.71. The summed E-state index contributed by atoms with van der Waals surface area (Å²) in [5, 5.41) is 10.7. The largest absolute Gasteiger partial charge is 0.444 e. The van der Waals surface area contributed by atoms with Gasteiger partial charge < -0.3 is 14.6 Å².